The number of nitro groups is 1. The molecule has 1 aromatic rings. The highest BCUT2D eigenvalue weighted by Crippen LogP contribution is 2.05. The van der Waals surface area contributed by atoms with Gasteiger partial charge in [-0.3, -0.25) is 10.1 Å². The van der Waals surface area contributed by atoms with Crippen molar-refractivity contribution in [3.05, 3.63) is 40.3 Å². The molecule has 1 heterocycles. The van der Waals surface area contributed by atoms with Gasteiger partial charge in [-0.15, -0.1) is 0 Å². The summed E-state index contributed by atoms with van der Waals surface area (Å²) < 4.78 is 1.99. The lowest BCUT2D eigenvalue weighted by molar-refractivity contribution is -0.401. The summed E-state index contributed by atoms with van der Waals surface area (Å²) in [6.07, 6.45) is 5.41. The van der Waals surface area contributed by atoms with Gasteiger partial charge in [-0.25, -0.2) is 0 Å². The van der Waals surface area contributed by atoms with Crippen molar-refractivity contribution in [2.45, 2.75) is 19.9 Å². The second-order valence-electron chi connectivity index (χ2n) is 2.73. The van der Waals surface area contributed by atoms with Crippen LogP contribution in [-0.4, -0.2) is 9.49 Å². The number of hydrogen-bond acceptors (Lipinski definition) is 2. The first-order valence-electron chi connectivity index (χ1n) is 4.21. The SMILES string of the molecule is CCCn1cccc1C=C[N+](=O)[O-]. The molecule has 0 aromatic carbocycles. The van der Waals surface area contributed by atoms with Crippen molar-refractivity contribution in [1.29, 1.82) is 0 Å². The molecule has 0 amide bonds. The standard InChI is InChI=1S/C9H12N2O2/c1-2-6-10-7-3-4-9(10)5-8-11(12)13/h3-5,7-8H,2,6H2,1H3. The van der Waals surface area contributed by atoms with Crippen molar-refractivity contribution < 1.29 is 4.92 Å². The Kier molecular flexibility index (Phi) is 3.25. The molecule has 1 aromatic heterocycles. The third-order valence-electron chi connectivity index (χ3n) is 1.70. The fourth-order valence-electron chi connectivity index (χ4n) is 1.16. The van der Waals surface area contributed by atoms with Crippen LogP contribution in [0.1, 0.15) is 19.0 Å². The Hall–Kier alpha value is -1.58. The first-order valence-corrected chi connectivity index (χ1v) is 4.21. The van der Waals surface area contributed by atoms with Crippen LogP contribution in [0, 0.1) is 10.1 Å². The van der Waals surface area contributed by atoms with Crippen LogP contribution in [0.15, 0.2) is 24.5 Å². The molecule has 0 unspecified atom stereocenters. The van der Waals surface area contributed by atoms with Gasteiger partial charge >= 0.3 is 0 Å². The van der Waals surface area contributed by atoms with Crippen molar-refractivity contribution >= 4 is 6.08 Å². The minimum absolute atomic E-state index is 0.455. The van der Waals surface area contributed by atoms with E-state index < -0.39 is 4.92 Å². The number of aromatic nitrogens is 1. The van der Waals surface area contributed by atoms with Crippen LogP contribution < -0.4 is 0 Å². The topological polar surface area (TPSA) is 48.1 Å². The van der Waals surface area contributed by atoms with Gasteiger partial charge in [0.2, 0.25) is 6.20 Å². The van der Waals surface area contributed by atoms with Gasteiger partial charge < -0.3 is 4.57 Å². The molecule has 4 heteroatoms. The van der Waals surface area contributed by atoms with Gasteiger partial charge in [-0.1, -0.05) is 6.92 Å². The molecule has 0 atom stereocenters. The van der Waals surface area contributed by atoms with Gasteiger partial charge in [0.25, 0.3) is 0 Å². The molecule has 0 aliphatic rings. The monoisotopic (exact) mass is 180 g/mol. The highest BCUT2D eigenvalue weighted by Gasteiger charge is 1.96. The molecule has 0 aliphatic heterocycles. The highest BCUT2D eigenvalue weighted by atomic mass is 16.6. The molecule has 70 valence electrons. The minimum Gasteiger partial charge on any atom is -0.348 e. The van der Waals surface area contributed by atoms with E-state index in [0.29, 0.717) is 0 Å². The summed E-state index contributed by atoms with van der Waals surface area (Å²) in [5.74, 6) is 0. The molecule has 0 fully saturated rings. The lowest BCUT2D eigenvalue weighted by Crippen LogP contribution is -1.96. The fourth-order valence-corrected chi connectivity index (χ4v) is 1.16. The maximum absolute atomic E-state index is 10.1. The minimum atomic E-state index is -0.455. The molecule has 0 radical (unpaired) electrons. The second-order valence-corrected chi connectivity index (χ2v) is 2.73. The third kappa shape index (κ3) is 2.74. The van der Waals surface area contributed by atoms with E-state index in [4.69, 9.17) is 0 Å². The predicted molar refractivity (Wildman–Crippen MR) is 50.8 cm³/mol. The normalized spacial score (nSPS) is 10.8. The molecule has 0 spiro atoms. The van der Waals surface area contributed by atoms with Crippen molar-refractivity contribution in [2.24, 2.45) is 0 Å². The summed E-state index contributed by atoms with van der Waals surface area (Å²) in [6, 6.07) is 3.74. The molecule has 1 rings (SSSR count). The summed E-state index contributed by atoms with van der Waals surface area (Å²) in [5, 5.41) is 10.1. The third-order valence-corrected chi connectivity index (χ3v) is 1.70. The lowest BCUT2D eigenvalue weighted by atomic mass is 10.4. The zero-order valence-corrected chi connectivity index (χ0v) is 7.51. The van der Waals surface area contributed by atoms with Gasteiger partial charge in [0.05, 0.1) is 4.92 Å². The van der Waals surface area contributed by atoms with E-state index in [9.17, 15) is 10.1 Å². The number of hydrogen-bond donors (Lipinski definition) is 0. The van der Waals surface area contributed by atoms with Crippen LogP contribution in [0.2, 0.25) is 0 Å². The summed E-state index contributed by atoms with van der Waals surface area (Å²) in [5.41, 5.74) is 0.874. The van der Waals surface area contributed by atoms with Crippen LogP contribution in [0.4, 0.5) is 0 Å². The summed E-state index contributed by atoms with van der Waals surface area (Å²) in [7, 11) is 0. The zero-order chi connectivity index (χ0) is 9.68. The maximum Gasteiger partial charge on any atom is 0.236 e. The van der Waals surface area contributed by atoms with Crippen molar-refractivity contribution in [3.8, 4) is 0 Å². The van der Waals surface area contributed by atoms with Crippen molar-refractivity contribution in [2.75, 3.05) is 0 Å². The Labute approximate surface area is 76.6 Å². The van der Waals surface area contributed by atoms with Gasteiger partial charge in [-0.05, 0) is 18.6 Å². The summed E-state index contributed by atoms with van der Waals surface area (Å²) in [4.78, 5) is 9.62. The van der Waals surface area contributed by atoms with Crippen LogP contribution in [0.25, 0.3) is 6.08 Å². The quantitative estimate of drug-likeness (QED) is 0.526. The van der Waals surface area contributed by atoms with E-state index in [-0.39, 0.29) is 0 Å². The Bertz CT molecular complexity index is 315. The number of nitrogens with zero attached hydrogens (tertiary/aromatic N) is 2. The van der Waals surface area contributed by atoms with Gasteiger partial charge in [0, 0.05) is 24.5 Å². The summed E-state index contributed by atoms with van der Waals surface area (Å²) in [6.45, 7) is 2.96. The van der Waals surface area contributed by atoms with Crippen LogP contribution >= 0.6 is 0 Å². The van der Waals surface area contributed by atoms with Crippen LogP contribution in [-0.2, 0) is 6.54 Å². The van der Waals surface area contributed by atoms with Gasteiger partial charge in [-0.2, -0.15) is 0 Å². The van der Waals surface area contributed by atoms with E-state index in [1.54, 1.807) is 0 Å². The first kappa shape index (κ1) is 9.51. The average Bonchev–Trinajstić information content (AvgIpc) is 2.49. The number of rotatable bonds is 4. The highest BCUT2D eigenvalue weighted by molar-refractivity contribution is 5.43. The summed E-state index contributed by atoms with van der Waals surface area (Å²) >= 11 is 0. The number of aryl methyl sites for hydroxylation is 1. The zero-order valence-electron chi connectivity index (χ0n) is 7.51. The Balaban J connectivity index is 2.75. The maximum atomic E-state index is 10.1. The molecule has 13 heavy (non-hydrogen) atoms. The average molecular weight is 180 g/mol. The van der Waals surface area contributed by atoms with Gasteiger partial charge in [0.15, 0.2) is 0 Å². The van der Waals surface area contributed by atoms with Crippen molar-refractivity contribution in [3.63, 3.8) is 0 Å². The van der Waals surface area contributed by atoms with Crippen LogP contribution in [0.5, 0.6) is 0 Å². The molecule has 0 aliphatic carbocycles. The lowest BCUT2D eigenvalue weighted by Gasteiger charge is -2.01. The smallest absolute Gasteiger partial charge is 0.236 e. The van der Waals surface area contributed by atoms with E-state index >= 15 is 0 Å². The van der Waals surface area contributed by atoms with Gasteiger partial charge in [0.1, 0.15) is 0 Å². The van der Waals surface area contributed by atoms with Crippen LogP contribution in [0.3, 0.4) is 0 Å². The molecular formula is C9H12N2O2. The first-order chi connectivity index (χ1) is 6.24. The molecule has 0 saturated heterocycles. The molecule has 0 saturated carbocycles. The Morgan fingerprint density at radius 1 is 1.69 bits per heavy atom. The molecular weight excluding hydrogens is 168 g/mol. The van der Waals surface area contributed by atoms with E-state index in [0.717, 1.165) is 24.9 Å². The molecule has 0 N–H and O–H groups in total. The second kappa shape index (κ2) is 4.45. The van der Waals surface area contributed by atoms with E-state index in [2.05, 4.69) is 6.92 Å². The fraction of sp³-hybridized carbons (Fsp3) is 0.333. The van der Waals surface area contributed by atoms with E-state index in [1.165, 1.54) is 6.08 Å². The molecule has 4 nitrogen and oxygen atoms in total. The largest absolute Gasteiger partial charge is 0.348 e. The Morgan fingerprint density at radius 3 is 3.08 bits per heavy atom. The molecule has 0 bridgehead atoms. The van der Waals surface area contributed by atoms with E-state index in [1.807, 2.05) is 22.9 Å². The van der Waals surface area contributed by atoms with Crippen molar-refractivity contribution in [1.82, 2.24) is 4.57 Å². The Morgan fingerprint density at radius 2 is 2.46 bits per heavy atom. The predicted octanol–water partition coefficient (Wildman–Crippen LogP) is 2.15.